The zero-order valence-corrected chi connectivity index (χ0v) is 16.6. The first kappa shape index (κ1) is 21.1. The maximum absolute atomic E-state index is 13.5. The quantitative estimate of drug-likeness (QED) is 0.788. The summed E-state index contributed by atoms with van der Waals surface area (Å²) in [5.41, 5.74) is -0.0299. The third-order valence-electron chi connectivity index (χ3n) is 5.25. The van der Waals surface area contributed by atoms with Crippen LogP contribution in [0, 0.1) is 23.1 Å². The Kier molecular flexibility index (Phi) is 7.17. The molecule has 1 aromatic rings. The van der Waals surface area contributed by atoms with Gasteiger partial charge >= 0.3 is 0 Å². The summed E-state index contributed by atoms with van der Waals surface area (Å²) < 4.78 is 18.8. The first-order valence-corrected chi connectivity index (χ1v) is 9.26. The second-order valence-electron chi connectivity index (χ2n) is 7.53. The minimum Gasteiger partial charge on any atom is -0.496 e. The summed E-state index contributed by atoms with van der Waals surface area (Å²) >= 11 is 0. The number of halogens is 1. The molecule has 1 atom stereocenters. The number of ether oxygens (including phenoxy) is 1. The number of nitrogens with zero attached hydrogens (tertiary/aromatic N) is 3. The van der Waals surface area contributed by atoms with E-state index in [0.717, 1.165) is 31.7 Å². The van der Waals surface area contributed by atoms with E-state index in [9.17, 15) is 14.4 Å². The van der Waals surface area contributed by atoms with Gasteiger partial charge in [-0.05, 0) is 31.0 Å². The summed E-state index contributed by atoms with van der Waals surface area (Å²) in [7, 11) is 1.58. The van der Waals surface area contributed by atoms with Crippen molar-refractivity contribution in [3.05, 3.63) is 29.6 Å². The fourth-order valence-corrected chi connectivity index (χ4v) is 3.05. The molecule has 0 spiro atoms. The third-order valence-corrected chi connectivity index (χ3v) is 5.25. The van der Waals surface area contributed by atoms with Crippen LogP contribution < -0.4 is 10.1 Å². The summed E-state index contributed by atoms with van der Waals surface area (Å²) in [6.07, 6.45) is 0. The normalized spacial score (nSPS) is 18.0. The number of nitriles is 1. The number of hydrogen-bond acceptors (Lipinski definition) is 5. The van der Waals surface area contributed by atoms with Crippen LogP contribution in [-0.2, 0) is 11.3 Å². The minimum atomic E-state index is -0.854. The van der Waals surface area contributed by atoms with Crippen LogP contribution >= 0.6 is 0 Å². The number of carbonyl (C=O) groups excluding carboxylic acids is 1. The first-order valence-electron chi connectivity index (χ1n) is 9.26. The van der Waals surface area contributed by atoms with E-state index in [0.29, 0.717) is 12.3 Å². The number of methoxy groups -OCH3 is 1. The molecule has 0 radical (unpaired) electrons. The highest BCUT2D eigenvalue weighted by atomic mass is 19.1. The van der Waals surface area contributed by atoms with Crippen LogP contribution in [0.1, 0.15) is 26.3 Å². The molecule has 6 nitrogen and oxygen atoms in total. The van der Waals surface area contributed by atoms with E-state index in [1.807, 2.05) is 13.8 Å². The van der Waals surface area contributed by atoms with Gasteiger partial charge in [0.15, 0.2) is 0 Å². The van der Waals surface area contributed by atoms with Crippen molar-refractivity contribution in [2.45, 2.75) is 32.9 Å². The second kappa shape index (κ2) is 9.16. The van der Waals surface area contributed by atoms with Crippen LogP contribution in [0.2, 0.25) is 0 Å². The fraction of sp³-hybridized carbons (Fsp3) is 0.600. The standard InChI is InChI=1S/C20H29FN4O2/c1-15(2)20(3,14-22)23-19(26)13-25-9-7-24(8-10-25)12-16-11-17(21)5-6-18(16)27-4/h5-6,11,15H,7-10,12-13H2,1-4H3,(H,23,26)/t20-/m0/s1. The van der Waals surface area contributed by atoms with Gasteiger partial charge in [0.1, 0.15) is 17.1 Å². The average molecular weight is 376 g/mol. The lowest BCUT2D eigenvalue weighted by Crippen LogP contribution is -2.54. The number of benzene rings is 1. The Balaban J connectivity index is 1.85. The Morgan fingerprint density at radius 2 is 1.96 bits per heavy atom. The van der Waals surface area contributed by atoms with E-state index in [-0.39, 0.29) is 24.2 Å². The molecule has 7 heteroatoms. The van der Waals surface area contributed by atoms with Crippen molar-refractivity contribution in [1.82, 2.24) is 15.1 Å². The molecule has 1 heterocycles. The predicted molar refractivity (Wildman–Crippen MR) is 102 cm³/mol. The van der Waals surface area contributed by atoms with Crippen LogP contribution in [0.15, 0.2) is 18.2 Å². The van der Waals surface area contributed by atoms with Crippen molar-refractivity contribution in [2.75, 3.05) is 39.8 Å². The molecule has 0 aromatic heterocycles. The average Bonchev–Trinajstić information content (AvgIpc) is 2.63. The Hall–Kier alpha value is -2.17. The highest BCUT2D eigenvalue weighted by Gasteiger charge is 2.30. The van der Waals surface area contributed by atoms with Gasteiger partial charge in [-0.3, -0.25) is 14.6 Å². The van der Waals surface area contributed by atoms with E-state index in [2.05, 4.69) is 21.2 Å². The van der Waals surface area contributed by atoms with Gasteiger partial charge in [0, 0.05) is 38.3 Å². The van der Waals surface area contributed by atoms with E-state index in [4.69, 9.17) is 4.74 Å². The van der Waals surface area contributed by atoms with Crippen molar-refractivity contribution in [1.29, 1.82) is 5.26 Å². The Bertz CT molecular complexity index is 696. The van der Waals surface area contributed by atoms with Crippen molar-refractivity contribution in [3.63, 3.8) is 0 Å². The molecule has 1 aliphatic heterocycles. The molecule has 0 aliphatic carbocycles. The molecule has 148 valence electrons. The molecule has 1 N–H and O–H groups in total. The van der Waals surface area contributed by atoms with Crippen molar-refractivity contribution in [2.24, 2.45) is 5.92 Å². The molecular formula is C20H29FN4O2. The molecule has 0 saturated carbocycles. The molecule has 1 amide bonds. The molecule has 0 bridgehead atoms. The van der Waals surface area contributed by atoms with Crippen LogP contribution in [0.3, 0.4) is 0 Å². The molecule has 1 saturated heterocycles. The smallest absolute Gasteiger partial charge is 0.235 e. The van der Waals surface area contributed by atoms with Crippen molar-refractivity contribution < 1.29 is 13.9 Å². The summed E-state index contributed by atoms with van der Waals surface area (Å²) in [4.78, 5) is 16.6. The van der Waals surface area contributed by atoms with Gasteiger partial charge in [-0.25, -0.2) is 4.39 Å². The van der Waals surface area contributed by atoms with Gasteiger partial charge in [0.2, 0.25) is 5.91 Å². The molecule has 1 aliphatic rings. The van der Waals surface area contributed by atoms with E-state index in [1.54, 1.807) is 20.1 Å². The second-order valence-corrected chi connectivity index (χ2v) is 7.53. The molecule has 1 fully saturated rings. The lowest BCUT2D eigenvalue weighted by molar-refractivity contribution is -0.124. The summed E-state index contributed by atoms with van der Waals surface area (Å²) in [6, 6.07) is 6.74. The Morgan fingerprint density at radius 3 is 2.52 bits per heavy atom. The maximum atomic E-state index is 13.5. The van der Waals surface area contributed by atoms with Crippen LogP contribution in [-0.4, -0.2) is 61.1 Å². The number of nitrogens with one attached hydrogen (secondary N) is 1. The zero-order valence-electron chi connectivity index (χ0n) is 16.6. The Morgan fingerprint density at radius 1 is 1.33 bits per heavy atom. The van der Waals surface area contributed by atoms with E-state index in [1.165, 1.54) is 12.1 Å². The van der Waals surface area contributed by atoms with Crippen LogP contribution in [0.25, 0.3) is 0 Å². The van der Waals surface area contributed by atoms with Gasteiger partial charge in [-0.15, -0.1) is 0 Å². The predicted octanol–water partition coefficient (Wildman–Crippen LogP) is 2.01. The van der Waals surface area contributed by atoms with Crippen LogP contribution in [0.5, 0.6) is 5.75 Å². The SMILES string of the molecule is COc1ccc(F)cc1CN1CCN(CC(=O)N[C@@](C)(C#N)C(C)C)CC1. The molecule has 27 heavy (non-hydrogen) atoms. The van der Waals surface area contributed by atoms with Gasteiger partial charge in [0.05, 0.1) is 19.7 Å². The maximum Gasteiger partial charge on any atom is 0.235 e. The zero-order chi connectivity index (χ0) is 20.0. The highest BCUT2D eigenvalue weighted by Crippen LogP contribution is 2.21. The van der Waals surface area contributed by atoms with Crippen molar-refractivity contribution >= 4 is 5.91 Å². The number of amides is 1. The lowest BCUT2D eigenvalue weighted by Gasteiger charge is -2.35. The fourth-order valence-electron chi connectivity index (χ4n) is 3.05. The first-order chi connectivity index (χ1) is 12.8. The largest absolute Gasteiger partial charge is 0.496 e. The number of carbonyl (C=O) groups is 1. The van der Waals surface area contributed by atoms with E-state index < -0.39 is 5.54 Å². The molecule has 0 unspecified atom stereocenters. The van der Waals surface area contributed by atoms with Crippen LogP contribution in [0.4, 0.5) is 4.39 Å². The third kappa shape index (κ3) is 5.65. The Labute approximate surface area is 160 Å². The van der Waals surface area contributed by atoms with Gasteiger partial charge < -0.3 is 10.1 Å². The number of piperazine rings is 1. The molecular weight excluding hydrogens is 347 g/mol. The van der Waals surface area contributed by atoms with Crippen molar-refractivity contribution in [3.8, 4) is 11.8 Å². The topological polar surface area (TPSA) is 68.6 Å². The number of rotatable bonds is 7. The molecule has 1 aromatic carbocycles. The summed E-state index contributed by atoms with van der Waals surface area (Å²) in [5, 5.41) is 12.2. The van der Waals surface area contributed by atoms with Gasteiger partial charge in [-0.1, -0.05) is 13.8 Å². The molecule has 2 rings (SSSR count). The number of hydrogen-bond donors (Lipinski definition) is 1. The monoisotopic (exact) mass is 376 g/mol. The summed E-state index contributed by atoms with van der Waals surface area (Å²) in [5.74, 6) is 0.312. The van der Waals surface area contributed by atoms with Gasteiger partial charge in [0.25, 0.3) is 0 Å². The summed E-state index contributed by atoms with van der Waals surface area (Å²) in [6.45, 7) is 9.54. The van der Waals surface area contributed by atoms with E-state index >= 15 is 0 Å². The highest BCUT2D eigenvalue weighted by molar-refractivity contribution is 5.79. The van der Waals surface area contributed by atoms with Gasteiger partial charge in [-0.2, -0.15) is 5.26 Å². The minimum absolute atomic E-state index is 0.0320. The lowest BCUT2D eigenvalue weighted by atomic mass is 9.90.